The molecule has 0 fully saturated rings. The minimum absolute atomic E-state index is 0.176. The van der Waals surface area contributed by atoms with E-state index in [-0.39, 0.29) is 5.95 Å². The summed E-state index contributed by atoms with van der Waals surface area (Å²) in [6, 6.07) is 1.77. The number of nitrogens with zero attached hydrogens (tertiary/aromatic N) is 4. The lowest BCUT2D eigenvalue weighted by atomic mass is 10.6. The zero-order chi connectivity index (χ0) is 9.26. The Balaban J connectivity index is 2.57. The lowest BCUT2D eigenvalue weighted by Gasteiger charge is -2.02. The van der Waals surface area contributed by atoms with Crippen LogP contribution in [-0.4, -0.2) is 19.7 Å². The first-order chi connectivity index (χ1) is 6.27. The van der Waals surface area contributed by atoms with Crippen molar-refractivity contribution in [3.8, 4) is 5.82 Å². The number of aromatic nitrogens is 4. The molecule has 0 saturated heterocycles. The van der Waals surface area contributed by atoms with Crippen molar-refractivity contribution in [2.45, 2.75) is 0 Å². The molecule has 0 spiro atoms. The molecule has 0 amide bonds. The molecular formula is C7H6ClN5. The van der Waals surface area contributed by atoms with E-state index in [0.29, 0.717) is 10.8 Å². The molecule has 5 nitrogen and oxygen atoms in total. The summed E-state index contributed by atoms with van der Waals surface area (Å²) in [5, 5.41) is 4.39. The number of halogens is 1. The van der Waals surface area contributed by atoms with E-state index in [9.17, 15) is 0 Å². The molecular weight excluding hydrogens is 190 g/mol. The number of nitrogen functional groups attached to an aromatic ring is 1. The number of hydrogen-bond acceptors (Lipinski definition) is 4. The monoisotopic (exact) mass is 195 g/mol. The minimum atomic E-state index is 0.176. The van der Waals surface area contributed by atoms with Crippen LogP contribution in [0.5, 0.6) is 0 Å². The van der Waals surface area contributed by atoms with Gasteiger partial charge in [-0.2, -0.15) is 10.1 Å². The van der Waals surface area contributed by atoms with Crippen LogP contribution in [0.15, 0.2) is 24.7 Å². The van der Waals surface area contributed by atoms with E-state index in [2.05, 4.69) is 15.1 Å². The van der Waals surface area contributed by atoms with Crippen LogP contribution in [0, 0.1) is 0 Å². The van der Waals surface area contributed by atoms with Gasteiger partial charge in [-0.05, 0) is 6.07 Å². The van der Waals surface area contributed by atoms with Crippen LogP contribution >= 0.6 is 11.6 Å². The summed E-state index contributed by atoms with van der Waals surface area (Å²) in [4.78, 5) is 7.69. The van der Waals surface area contributed by atoms with Crippen LogP contribution < -0.4 is 5.73 Å². The fraction of sp³-hybridized carbons (Fsp3) is 0. The summed E-state index contributed by atoms with van der Waals surface area (Å²) in [5.41, 5.74) is 5.41. The average molecular weight is 196 g/mol. The number of rotatable bonds is 1. The van der Waals surface area contributed by atoms with Crippen LogP contribution in [-0.2, 0) is 0 Å². The van der Waals surface area contributed by atoms with Crippen molar-refractivity contribution >= 4 is 17.5 Å². The topological polar surface area (TPSA) is 69.6 Å². The fourth-order valence-electron chi connectivity index (χ4n) is 0.926. The molecule has 0 aromatic carbocycles. The fourth-order valence-corrected chi connectivity index (χ4v) is 1.10. The van der Waals surface area contributed by atoms with Crippen molar-refractivity contribution in [1.29, 1.82) is 0 Å². The second-order valence-corrected chi connectivity index (χ2v) is 2.76. The van der Waals surface area contributed by atoms with Crippen LogP contribution in [0.2, 0.25) is 5.02 Å². The second-order valence-electron chi connectivity index (χ2n) is 2.35. The molecule has 6 heteroatoms. The van der Waals surface area contributed by atoms with Crippen molar-refractivity contribution in [2.24, 2.45) is 0 Å². The van der Waals surface area contributed by atoms with Crippen LogP contribution in [0.3, 0.4) is 0 Å². The number of anilines is 1. The van der Waals surface area contributed by atoms with Crippen molar-refractivity contribution in [3.05, 3.63) is 29.7 Å². The highest BCUT2D eigenvalue weighted by molar-refractivity contribution is 6.32. The molecule has 13 heavy (non-hydrogen) atoms. The van der Waals surface area contributed by atoms with Gasteiger partial charge < -0.3 is 5.73 Å². The molecule has 2 aromatic heterocycles. The van der Waals surface area contributed by atoms with Crippen molar-refractivity contribution < 1.29 is 0 Å². The van der Waals surface area contributed by atoms with Crippen molar-refractivity contribution in [2.75, 3.05) is 5.73 Å². The summed E-state index contributed by atoms with van der Waals surface area (Å²) in [6.07, 6.45) is 4.81. The van der Waals surface area contributed by atoms with Crippen molar-refractivity contribution in [3.63, 3.8) is 0 Å². The third kappa shape index (κ3) is 1.46. The van der Waals surface area contributed by atoms with Gasteiger partial charge in [-0.1, -0.05) is 11.6 Å². The van der Waals surface area contributed by atoms with Crippen LogP contribution in [0.4, 0.5) is 5.95 Å². The molecule has 0 aliphatic heterocycles. The first-order valence-corrected chi connectivity index (χ1v) is 3.93. The predicted octanol–water partition coefficient (Wildman–Crippen LogP) is 0.898. The quantitative estimate of drug-likeness (QED) is 0.734. The number of hydrogen-bond donors (Lipinski definition) is 1. The molecule has 0 aliphatic rings. The molecule has 0 aliphatic carbocycles. The van der Waals surface area contributed by atoms with E-state index in [1.807, 2.05) is 0 Å². The summed E-state index contributed by atoms with van der Waals surface area (Å²) >= 11 is 5.85. The van der Waals surface area contributed by atoms with Gasteiger partial charge in [0.05, 0.1) is 6.20 Å². The molecule has 0 atom stereocenters. The smallest absolute Gasteiger partial charge is 0.222 e. The molecule has 2 heterocycles. The third-order valence-corrected chi connectivity index (χ3v) is 1.73. The summed E-state index contributed by atoms with van der Waals surface area (Å²) in [7, 11) is 0. The van der Waals surface area contributed by atoms with Crippen LogP contribution in [0.25, 0.3) is 5.82 Å². The molecule has 66 valence electrons. The molecule has 0 unspecified atom stereocenters. The largest absolute Gasteiger partial charge is 0.368 e. The molecule has 0 radical (unpaired) electrons. The zero-order valence-corrected chi connectivity index (χ0v) is 7.31. The second kappa shape index (κ2) is 3.02. The van der Waals surface area contributed by atoms with Gasteiger partial charge in [0, 0.05) is 12.4 Å². The Labute approximate surface area is 79.2 Å². The van der Waals surface area contributed by atoms with E-state index in [1.165, 1.54) is 10.9 Å². The Morgan fingerprint density at radius 2 is 2.31 bits per heavy atom. The normalized spacial score (nSPS) is 10.2. The summed E-state index contributed by atoms with van der Waals surface area (Å²) in [5.74, 6) is 0.661. The average Bonchev–Trinajstić information content (AvgIpc) is 2.61. The lowest BCUT2D eigenvalue weighted by molar-refractivity contribution is 0.843. The summed E-state index contributed by atoms with van der Waals surface area (Å²) < 4.78 is 1.53. The first-order valence-electron chi connectivity index (χ1n) is 3.55. The maximum Gasteiger partial charge on any atom is 0.222 e. The predicted molar refractivity (Wildman–Crippen MR) is 48.6 cm³/mol. The highest BCUT2D eigenvalue weighted by atomic mass is 35.5. The Bertz CT molecular complexity index is 411. The van der Waals surface area contributed by atoms with E-state index in [4.69, 9.17) is 17.3 Å². The Morgan fingerprint density at radius 1 is 1.46 bits per heavy atom. The molecule has 2 aromatic rings. The van der Waals surface area contributed by atoms with Crippen LogP contribution in [0.1, 0.15) is 0 Å². The molecule has 2 rings (SSSR count). The van der Waals surface area contributed by atoms with E-state index in [1.54, 1.807) is 18.5 Å². The van der Waals surface area contributed by atoms with Gasteiger partial charge in [-0.25, -0.2) is 9.67 Å². The number of nitrogens with two attached hydrogens (primary N) is 1. The van der Waals surface area contributed by atoms with E-state index >= 15 is 0 Å². The van der Waals surface area contributed by atoms with Gasteiger partial charge in [0.1, 0.15) is 5.02 Å². The van der Waals surface area contributed by atoms with E-state index in [0.717, 1.165) is 0 Å². The Morgan fingerprint density at radius 3 is 3.00 bits per heavy atom. The van der Waals surface area contributed by atoms with Gasteiger partial charge in [0.15, 0.2) is 5.82 Å². The maximum atomic E-state index is 5.85. The lowest BCUT2D eigenvalue weighted by Crippen LogP contribution is -2.03. The van der Waals surface area contributed by atoms with E-state index < -0.39 is 0 Å². The van der Waals surface area contributed by atoms with Gasteiger partial charge >= 0.3 is 0 Å². The zero-order valence-electron chi connectivity index (χ0n) is 6.55. The third-order valence-electron chi connectivity index (χ3n) is 1.47. The first kappa shape index (κ1) is 8.00. The van der Waals surface area contributed by atoms with Gasteiger partial charge in [0.25, 0.3) is 0 Å². The highest BCUT2D eigenvalue weighted by Gasteiger charge is 2.05. The molecule has 0 saturated carbocycles. The Hall–Kier alpha value is -1.62. The Kier molecular flexibility index (Phi) is 1.86. The summed E-state index contributed by atoms with van der Waals surface area (Å²) in [6.45, 7) is 0. The maximum absolute atomic E-state index is 5.85. The van der Waals surface area contributed by atoms with Gasteiger partial charge in [-0.15, -0.1) is 0 Å². The minimum Gasteiger partial charge on any atom is -0.368 e. The van der Waals surface area contributed by atoms with Gasteiger partial charge in [-0.3, -0.25) is 0 Å². The molecule has 2 N–H and O–H groups in total. The molecule has 0 bridgehead atoms. The van der Waals surface area contributed by atoms with Crippen molar-refractivity contribution in [1.82, 2.24) is 19.7 Å². The standard InChI is InChI=1S/C7H6ClN5/c8-5-4-10-7(9)12-6(5)13-3-1-2-11-13/h1-4H,(H2,9,10,12). The highest BCUT2D eigenvalue weighted by Crippen LogP contribution is 2.16. The van der Waals surface area contributed by atoms with Gasteiger partial charge in [0.2, 0.25) is 5.95 Å². The SMILES string of the molecule is Nc1ncc(Cl)c(-n2cccn2)n1.